The number of ether oxygens (including phenoxy) is 1. The normalized spacial score (nSPS) is 27.4. The molecule has 15 heavy (non-hydrogen) atoms. The molecule has 1 aromatic carbocycles. The van der Waals surface area contributed by atoms with Crippen molar-refractivity contribution < 1.29 is 9.53 Å². The number of carbonyl (C=O) groups is 1. The molecular formula is C11H12ClNO2. The van der Waals surface area contributed by atoms with Gasteiger partial charge in [-0.2, -0.15) is 0 Å². The Balaban J connectivity index is 2.45. The second-order valence-electron chi connectivity index (χ2n) is 4.16. The number of primary amides is 1. The fourth-order valence-electron chi connectivity index (χ4n) is 1.94. The molecule has 4 heteroatoms. The van der Waals surface area contributed by atoms with Gasteiger partial charge in [-0.3, -0.25) is 4.79 Å². The molecular weight excluding hydrogens is 214 g/mol. The van der Waals surface area contributed by atoms with E-state index in [1.807, 2.05) is 13.8 Å². The number of carbonyl (C=O) groups excluding carboxylic acids is 1. The molecule has 0 aliphatic carbocycles. The van der Waals surface area contributed by atoms with Crippen LogP contribution >= 0.6 is 11.6 Å². The predicted octanol–water partition coefficient (Wildman–Crippen LogP) is 1.83. The van der Waals surface area contributed by atoms with Crippen LogP contribution in [0, 0.1) is 0 Å². The van der Waals surface area contributed by atoms with E-state index in [-0.39, 0.29) is 0 Å². The molecule has 1 aromatic rings. The summed E-state index contributed by atoms with van der Waals surface area (Å²) in [4.78, 5) is 11.4. The maximum atomic E-state index is 11.4. The monoisotopic (exact) mass is 225 g/mol. The van der Waals surface area contributed by atoms with Crippen LogP contribution in [0.15, 0.2) is 24.3 Å². The van der Waals surface area contributed by atoms with Crippen LogP contribution in [0.3, 0.4) is 0 Å². The van der Waals surface area contributed by atoms with E-state index in [1.54, 1.807) is 24.3 Å². The second kappa shape index (κ2) is 2.97. The Morgan fingerprint density at radius 3 is 2.13 bits per heavy atom. The van der Waals surface area contributed by atoms with Crippen molar-refractivity contribution in [1.82, 2.24) is 0 Å². The second-order valence-corrected chi connectivity index (χ2v) is 4.60. The minimum absolute atomic E-state index is 0.463. The fraction of sp³-hybridized carbons (Fsp3) is 0.364. The molecule has 1 atom stereocenters. The van der Waals surface area contributed by atoms with Gasteiger partial charge in [0.2, 0.25) is 0 Å². The summed E-state index contributed by atoms with van der Waals surface area (Å²) in [6.45, 7) is 3.68. The molecule has 1 heterocycles. The summed E-state index contributed by atoms with van der Waals surface area (Å²) in [6, 6.07) is 6.97. The molecule has 0 bridgehead atoms. The van der Waals surface area contributed by atoms with Crippen LogP contribution < -0.4 is 5.73 Å². The van der Waals surface area contributed by atoms with Crippen LogP contribution in [0.25, 0.3) is 0 Å². The molecule has 2 rings (SSSR count). The van der Waals surface area contributed by atoms with Crippen LogP contribution in [0.4, 0.5) is 0 Å². The van der Waals surface area contributed by atoms with E-state index in [1.165, 1.54) is 0 Å². The van der Waals surface area contributed by atoms with Crippen LogP contribution in [0.1, 0.15) is 19.4 Å². The topological polar surface area (TPSA) is 55.6 Å². The Morgan fingerprint density at radius 1 is 1.33 bits per heavy atom. The number of nitrogens with two attached hydrogens (primary N) is 1. The third kappa shape index (κ3) is 1.34. The highest BCUT2D eigenvalue weighted by Crippen LogP contribution is 2.55. The van der Waals surface area contributed by atoms with Crippen molar-refractivity contribution in [1.29, 1.82) is 0 Å². The van der Waals surface area contributed by atoms with E-state index >= 15 is 0 Å². The highest BCUT2D eigenvalue weighted by atomic mass is 35.5. The zero-order valence-electron chi connectivity index (χ0n) is 8.58. The Morgan fingerprint density at radius 2 is 1.80 bits per heavy atom. The molecule has 1 fully saturated rings. The highest BCUT2D eigenvalue weighted by molar-refractivity contribution is 6.30. The Hall–Kier alpha value is -1.06. The number of benzene rings is 1. The van der Waals surface area contributed by atoms with Crippen molar-refractivity contribution in [3.8, 4) is 0 Å². The third-order valence-electron chi connectivity index (χ3n) is 2.81. The summed E-state index contributed by atoms with van der Waals surface area (Å²) < 4.78 is 5.46. The summed E-state index contributed by atoms with van der Waals surface area (Å²) in [7, 11) is 0. The van der Waals surface area contributed by atoms with Gasteiger partial charge >= 0.3 is 0 Å². The molecule has 0 aromatic heterocycles. The Bertz CT molecular complexity index is 413. The lowest BCUT2D eigenvalue weighted by Crippen LogP contribution is -2.34. The number of rotatable bonds is 2. The van der Waals surface area contributed by atoms with Gasteiger partial charge in [0.15, 0.2) is 5.60 Å². The summed E-state index contributed by atoms with van der Waals surface area (Å²) in [5, 5.41) is 0.622. The van der Waals surface area contributed by atoms with Crippen LogP contribution in [-0.2, 0) is 15.1 Å². The van der Waals surface area contributed by atoms with Crippen molar-refractivity contribution in [2.24, 2.45) is 5.73 Å². The molecule has 0 saturated carbocycles. The minimum atomic E-state index is -0.989. The number of hydrogen-bond donors (Lipinski definition) is 1. The molecule has 80 valence electrons. The zero-order chi connectivity index (χ0) is 11.3. The van der Waals surface area contributed by atoms with Gasteiger partial charge in [-0.25, -0.2) is 0 Å². The lowest BCUT2D eigenvalue weighted by molar-refractivity contribution is -0.123. The zero-order valence-corrected chi connectivity index (χ0v) is 9.34. The van der Waals surface area contributed by atoms with Gasteiger partial charge in [-0.05, 0) is 31.5 Å². The van der Waals surface area contributed by atoms with Crippen molar-refractivity contribution in [3.63, 3.8) is 0 Å². The summed E-state index contributed by atoms with van der Waals surface area (Å²) in [5.41, 5.74) is 4.61. The molecule has 1 unspecified atom stereocenters. The third-order valence-corrected chi connectivity index (χ3v) is 3.06. The molecule has 3 nitrogen and oxygen atoms in total. The largest absolute Gasteiger partial charge is 0.367 e. The first kappa shape index (κ1) is 10.5. The maximum absolute atomic E-state index is 11.4. The van der Waals surface area contributed by atoms with Crippen molar-refractivity contribution >= 4 is 17.5 Å². The van der Waals surface area contributed by atoms with Gasteiger partial charge in [-0.1, -0.05) is 23.7 Å². The van der Waals surface area contributed by atoms with Crippen molar-refractivity contribution in [2.45, 2.75) is 25.0 Å². The average Bonchev–Trinajstić information content (AvgIpc) is 2.72. The lowest BCUT2D eigenvalue weighted by atomic mass is 9.88. The minimum Gasteiger partial charge on any atom is -0.367 e. The van der Waals surface area contributed by atoms with Crippen LogP contribution in [0.2, 0.25) is 5.02 Å². The molecule has 1 aliphatic rings. The smallest absolute Gasteiger partial charge is 0.257 e. The van der Waals surface area contributed by atoms with Crippen LogP contribution in [-0.4, -0.2) is 11.5 Å². The first-order chi connectivity index (χ1) is 6.90. The fourth-order valence-corrected chi connectivity index (χ4v) is 2.06. The molecule has 1 saturated heterocycles. The van der Waals surface area contributed by atoms with Crippen molar-refractivity contribution in [2.75, 3.05) is 0 Å². The average molecular weight is 226 g/mol. The molecule has 1 aliphatic heterocycles. The molecule has 0 radical (unpaired) electrons. The van der Waals surface area contributed by atoms with Crippen LogP contribution in [0.5, 0.6) is 0 Å². The summed E-state index contributed by atoms with van der Waals surface area (Å²) >= 11 is 5.78. The standard InChI is InChI=1S/C11H12ClNO2/c1-10(2)11(15-10,9(13)14)7-3-5-8(12)6-4-7/h3-6H,1-2H3,(H2,13,14). The number of halogens is 1. The molecule has 1 amide bonds. The SMILES string of the molecule is CC1(C)OC1(C(N)=O)c1ccc(Cl)cc1. The number of amides is 1. The van der Waals surface area contributed by atoms with Gasteiger partial charge in [0.05, 0.1) is 0 Å². The van der Waals surface area contributed by atoms with Gasteiger partial charge in [0.1, 0.15) is 5.60 Å². The predicted molar refractivity (Wildman–Crippen MR) is 57.5 cm³/mol. The number of hydrogen-bond acceptors (Lipinski definition) is 2. The number of epoxide rings is 1. The quantitative estimate of drug-likeness (QED) is 0.781. The van der Waals surface area contributed by atoms with E-state index in [2.05, 4.69) is 0 Å². The summed E-state index contributed by atoms with van der Waals surface area (Å²) in [6.07, 6.45) is 0. The Labute approximate surface area is 93.2 Å². The maximum Gasteiger partial charge on any atom is 0.257 e. The first-order valence-corrected chi connectivity index (χ1v) is 5.04. The lowest BCUT2D eigenvalue weighted by Gasteiger charge is -2.11. The molecule has 2 N–H and O–H groups in total. The Kier molecular flexibility index (Phi) is 2.07. The first-order valence-electron chi connectivity index (χ1n) is 4.66. The van der Waals surface area contributed by atoms with E-state index in [9.17, 15) is 4.79 Å². The van der Waals surface area contributed by atoms with E-state index in [0.29, 0.717) is 5.02 Å². The van der Waals surface area contributed by atoms with Gasteiger partial charge in [-0.15, -0.1) is 0 Å². The highest BCUT2D eigenvalue weighted by Gasteiger charge is 2.69. The van der Waals surface area contributed by atoms with E-state index in [4.69, 9.17) is 22.1 Å². The van der Waals surface area contributed by atoms with Crippen molar-refractivity contribution in [3.05, 3.63) is 34.9 Å². The van der Waals surface area contributed by atoms with Gasteiger partial charge in [0.25, 0.3) is 5.91 Å². The summed E-state index contributed by atoms with van der Waals surface area (Å²) in [5.74, 6) is -0.463. The van der Waals surface area contributed by atoms with Gasteiger partial charge < -0.3 is 10.5 Å². The van der Waals surface area contributed by atoms with Gasteiger partial charge in [0, 0.05) is 5.02 Å². The van der Waals surface area contributed by atoms with E-state index in [0.717, 1.165) is 5.56 Å². The molecule has 0 spiro atoms. The van der Waals surface area contributed by atoms with E-state index < -0.39 is 17.1 Å².